The first-order valence-corrected chi connectivity index (χ1v) is 8.97. The van der Waals surface area contributed by atoms with Gasteiger partial charge in [-0.25, -0.2) is 4.98 Å². The fourth-order valence-corrected chi connectivity index (χ4v) is 4.07. The Morgan fingerprint density at radius 2 is 1.95 bits per heavy atom. The van der Waals surface area contributed by atoms with Crippen molar-refractivity contribution in [3.8, 4) is 10.6 Å². The number of hydrogen-bond acceptors (Lipinski definition) is 3. The second-order valence-corrected chi connectivity index (χ2v) is 6.95. The number of aromatic nitrogens is 1. The van der Waals surface area contributed by atoms with Crippen molar-refractivity contribution in [2.45, 2.75) is 44.1 Å². The molecule has 4 heteroatoms. The fourth-order valence-electron chi connectivity index (χ4n) is 3.02. The largest absolute Gasteiger partial charge is 0.299 e. The van der Waals surface area contributed by atoms with Crippen LogP contribution in [0.3, 0.4) is 0 Å². The molecule has 1 aliphatic carbocycles. The van der Waals surface area contributed by atoms with Gasteiger partial charge < -0.3 is 0 Å². The van der Waals surface area contributed by atoms with E-state index in [0.29, 0.717) is 5.88 Å². The number of alkyl halides is 1. The molecule has 0 amide bonds. The molecule has 0 radical (unpaired) electrons. The van der Waals surface area contributed by atoms with Gasteiger partial charge in [-0.1, -0.05) is 37.1 Å². The van der Waals surface area contributed by atoms with E-state index in [9.17, 15) is 0 Å². The summed E-state index contributed by atoms with van der Waals surface area (Å²) in [7, 11) is 2.25. The number of hydrogen-bond donors (Lipinski definition) is 0. The van der Waals surface area contributed by atoms with Gasteiger partial charge >= 0.3 is 0 Å². The molecule has 0 N–H and O–H groups in total. The van der Waals surface area contributed by atoms with Crippen molar-refractivity contribution in [2.75, 3.05) is 7.05 Å². The summed E-state index contributed by atoms with van der Waals surface area (Å²) in [5.74, 6) is 0.487. The van der Waals surface area contributed by atoms with Gasteiger partial charge in [-0.05, 0) is 25.5 Å². The molecule has 1 aromatic carbocycles. The van der Waals surface area contributed by atoms with Gasteiger partial charge in [0.25, 0.3) is 0 Å². The minimum Gasteiger partial charge on any atom is -0.299 e. The summed E-state index contributed by atoms with van der Waals surface area (Å²) in [6, 6.07) is 9.57. The van der Waals surface area contributed by atoms with Crippen LogP contribution in [0.5, 0.6) is 0 Å². The predicted octanol–water partition coefficient (Wildman–Crippen LogP) is 4.92. The predicted molar refractivity (Wildman–Crippen MR) is 90.8 cm³/mol. The molecular formula is C17H21ClN2S. The molecule has 0 atom stereocenters. The molecule has 0 unspecified atom stereocenters. The highest BCUT2D eigenvalue weighted by Crippen LogP contribution is 2.26. The van der Waals surface area contributed by atoms with Crippen LogP contribution in [0.1, 0.15) is 36.9 Å². The first kappa shape index (κ1) is 15.0. The molecule has 2 aromatic rings. The van der Waals surface area contributed by atoms with Crippen LogP contribution in [0.4, 0.5) is 0 Å². The van der Waals surface area contributed by atoms with Gasteiger partial charge in [-0.2, -0.15) is 0 Å². The van der Waals surface area contributed by atoms with Crippen LogP contribution < -0.4 is 0 Å². The molecule has 112 valence electrons. The molecule has 1 fully saturated rings. The zero-order chi connectivity index (χ0) is 14.7. The third kappa shape index (κ3) is 3.65. The first-order valence-electron chi connectivity index (χ1n) is 7.56. The number of nitrogens with zero attached hydrogens (tertiary/aromatic N) is 2. The van der Waals surface area contributed by atoms with Crippen molar-refractivity contribution < 1.29 is 0 Å². The normalized spacial score (nSPS) is 16.0. The van der Waals surface area contributed by atoms with E-state index in [4.69, 9.17) is 11.6 Å². The molecule has 1 saturated carbocycles. The summed E-state index contributed by atoms with van der Waals surface area (Å²) >= 11 is 7.47. The van der Waals surface area contributed by atoms with Crippen molar-refractivity contribution in [3.63, 3.8) is 0 Å². The van der Waals surface area contributed by atoms with E-state index in [1.54, 1.807) is 11.3 Å². The minimum absolute atomic E-state index is 0.487. The molecule has 2 nitrogen and oxygen atoms in total. The van der Waals surface area contributed by atoms with Crippen molar-refractivity contribution >= 4 is 22.9 Å². The molecule has 1 heterocycles. The van der Waals surface area contributed by atoms with Crippen LogP contribution in [0.2, 0.25) is 0 Å². The van der Waals surface area contributed by atoms with Crippen LogP contribution in [0.25, 0.3) is 10.6 Å². The number of thiazole rings is 1. The Morgan fingerprint density at radius 3 is 2.57 bits per heavy atom. The monoisotopic (exact) mass is 320 g/mol. The van der Waals surface area contributed by atoms with Gasteiger partial charge in [-0.3, -0.25) is 4.90 Å². The molecule has 0 saturated heterocycles. The molecule has 21 heavy (non-hydrogen) atoms. The summed E-state index contributed by atoms with van der Waals surface area (Å²) in [6.07, 6.45) is 5.49. The van der Waals surface area contributed by atoms with Gasteiger partial charge in [0.05, 0.1) is 11.6 Å². The SMILES string of the molecule is CN(Cc1ccc(-c2nc(CCl)cs2)cc1)C1CCCC1. The maximum absolute atomic E-state index is 5.81. The quantitative estimate of drug-likeness (QED) is 0.727. The average molecular weight is 321 g/mol. The van der Waals surface area contributed by atoms with Crippen LogP contribution in [-0.2, 0) is 12.4 Å². The lowest BCUT2D eigenvalue weighted by molar-refractivity contribution is 0.237. The third-order valence-corrected chi connectivity index (χ3v) is 5.48. The Balaban J connectivity index is 1.66. The maximum atomic E-state index is 5.81. The topological polar surface area (TPSA) is 16.1 Å². The lowest BCUT2D eigenvalue weighted by Crippen LogP contribution is -2.28. The van der Waals surface area contributed by atoms with E-state index in [0.717, 1.165) is 23.3 Å². The zero-order valence-corrected chi connectivity index (χ0v) is 14.0. The Hall–Kier alpha value is -0.900. The van der Waals surface area contributed by atoms with Crippen molar-refractivity contribution in [1.82, 2.24) is 9.88 Å². The van der Waals surface area contributed by atoms with E-state index < -0.39 is 0 Å². The Labute approximate surface area is 135 Å². The van der Waals surface area contributed by atoms with E-state index in [2.05, 4.69) is 41.2 Å². The summed E-state index contributed by atoms with van der Waals surface area (Å²) < 4.78 is 0. The van der Waals surface area contributed by atoms with Crippen molar-refractivity contribution in [2.24, 2.45) is 0 Å². The first-order chi connectivity index (χ1) is 10.3. The van der Waals surface area contributed by atoms with Gasteiger partial charge in [-0.15, -0.1) is 22.9 Å². The maximum Gasteiger partial charge on any atom is 0.123 e. The van der Waals surface area contributed by atoms with Crippen molar-refractivity contribution in [3.05, 3.63) is 40.9 Å². The van der Waals surface area contributed by atoms with Crippen LogP contribution in [0, 0.1) is 0 Å². The molecule has 1 aromatic heterocycles. The summed E-state index contributed by atoms with van der Waals surface area (Å²) in [4.78, 5) is 7.03. The minimum atomic E-state index is 0.487. The fraction of sp³-hybridized carbons (Fsp3) is 0.471. The molecule has 1 aliphatic rings. The summed E-state index contributed by atoms with van der Waals surface area (Å²) in [5.41, 5.74) is 3.52. The van der Waals surface area contributed by atoms with E-state index in [-0.39, 0.29) is 0 Å². The lowest BCUT2D eigenvalue weighted by Gasteiger charge is -2.24. The van der Waals surface area contributed by atoms with E-state index in [1.807, 2.05) is 5.38 Å². The Bertz CT molecular complexity index is 573. The summed E-state index contributed by atoms with van der Waals surface area (Å²) in [6.45, 7) is 1.04. The van der Waals surface area contributed by atoms with E-state index >= 15 is 0 Å². The molecular weight excluding hydrogens is 300 g/mol. The second-order valence-electron chi connectivity index (χ2n) is 5.83. The Morgan fingerprint density at radius 1 is 1.24 bits per heavy atom. The zero-order valence-electron chi connectivity index (χ0n) is 12.4. The lowest BCUT2D eigenvalue weighted by atomic mass is 10.1. The second kappa shape index (κ2) is 6.91. The molecule has 0 aliphatic heterocycles. The van der Waals surface area contributed by atoms with E-state index in [1.165, 1.54) is 36.8 Å². The highest BCUT2D eigenvalue weighted by molar-refractivity contribution is 7.13. The third-order valence-electron chi connectivity index (χ3n) is 4.27. The van der Waals surface area contributed by atoms with Crippen molar-refractivity contribution in [1.29, 1.82) is 0 Å². The van der Waals surface area contributed by atoms with Gasteiger partial charge in [0, 0.05) is 23.5 Å². The average Bonchev–Trinajstić information content (AvgIpc) is 3.19. The Kier molecular flexibility index (Phi) is 4.94. The number of rotatable bonds is 5. The molecule has 3 rings (SSSR count). The molecule has 0 bridgehead atoms. The standard InChI is InChI=1S/C17H21ClN2S/c1-20(16-4-2-3-5-16)11-13-6-8-14(9-7-13)17-19-15(10-18)12-21-17/h6-9,12,16H,2-5,10-11H2,1H3. The summed E-state index contributed by atoms with van der Waals surface area (Å²) in [5, 5.41) is 3.09. The highest BCUT2D eigenvalue weighted by Gasteiger charge is 2.19. The number of benzene rings is 1. The van der Waals surface area contributed by atoms with Gasteiger partial charge in [0.2, 0.25) is 0 Å². The highest BCUT2D eigenvalue weighted by atomic mass is 35.5. The smallest absolute Gasteiger partial charge is 0.123 e. The number of halogens is 1. The van der Waals surface area contributed by atoms with Crippen LogP contribution >= 0.6 is 22.9 Å². The van der Waals surface area contributed by atoms with Gasteiger partial charge in [0.1, 0.15) is 5.01 Å². The van der Waals surface area contributed by atoms with Crippen LogP contribution in [-0.4, -0.2) is 23.0 Å². The van der Waals surface area contributed by atoms with Crippen LogP contribution in [0.15, 0.2) is 29.6 Å². The van der Waals surface area contributed by atoms with Gasteiger partial charge in [0.15, 0.2) is 0 Å². The molecule has 0 spiro atoms.